The molecular weight excluding hydrogens is 353 g/mol. The van der Waals surface area contributed by atoms with Crippen molar-refractivity contribution in [2.24, 2.45) is 0 Å². The third-order valence-corrected chi connectivity index (χ3v) is 2.97. The fourth-order valence-electron chi connectivity index (χ4n) is 1.26. The number of hydrogen-bond acceptors (Lipinski definition) is 3. The number of halogens is 3. The molecule has 0 unspecified atom stereocenters. The quantitative estimate of drug-likeness (QED) is 0.905. The first kappa shape index (κ1) is 12.4. The minimum absolute atomic E-state index is 0.252. The SMILES string of the molecule is Fc1ccc(Br)cc1CNc1ncc(Br)cn1. The maximum Gasteiger partial charge on any atom is 0.222 e. The van der Waals surface area contributed by atoms with Gasteiger partial charge in [0, 0.05) is 29.0 Å². The van der Waals surface area contributed by atoms with Gasteiger partial charge >= 0.3 is 0 Å². The number of nitrogens with one attached hydrogen (secondary N) is 1. The molecule has 6 heteroatoms. The molecule has 1 aromatic carbocycles. The van der Waals surface area contributed by atoms with Gasteiger partial charge in [-0.3, -0.25) is 0 Å². The van der Waals surface area contributed by atoms with E-state index in [2.05, 4.69) is 47.1 Å². The Bertz CT molecular complexity index is 517. The molecular formula is C11H8Br2FN3. The van der Waals surface area contributed by atoms with Crippen LogP contribution in [0.4, 0.5) is 10.3 Å². The number of rotatable bonds is 3. The van der Waals surface area contributed by atoms with Crippen LogP contribution in [0, 0.1) is 5.82 Å². The molecule has 88 valence electrons. The number of anilines is 1. The van der Waals surface area contributed by atoms with Crippen LogP contribution < -0.4 is 5.32 Å². The van der Waals surface area contributed by atoms with Gasteiger partial charge in [-0.05, 0) is 34.1 Å². The van der Waals surface area contributed by atoms with Crippen molar-refractivity contribution in [3.63, 3.8) is 0 Å². The van der Waals surface area contributed by atoms with Gasteiger partial charge in [0.15, 0.2) is 0 Å². The van der Waals surface area contributed by atoms with E-state index in [1.807, 2.05) is 0 Å². The molecule has 0 fully saturated rings. The molecule has 0 bridgehead atoms. The van der Waals surface area contributed by atoms with Crippen molar-refractivity contribution < 1.29 is 4.39 Å². The maximum atomic E-state index is 13.4. The number of benzene rings is 1. The Labute approximate surface area is 115 Å². The Hall–Kier alpha value is -1.01. The van der Waals surface area contributed by atoms with Gasteiger partial charge in [0.1, 0.15) is 5.82 Å². The van der Waals surface area contributed by atoms with Gasteiger partial charge < -0.3 is 5.32 Å². The lowest BCUT2D eigenvalue weighted by Crippen LogP contribution is -2.04. The summed E-state index contributed by atoms with van der Waals surface area (Å²) >= 11 is 6.54. The lowest BCUT2D eigenvalue weighted by molar-refractivity contribution is 0.612. The summed E-state index contributed by atoms with van der Waals surface area (Å²) in [4.78, 5) is 8.08. The molecule has 3 nitrogen and oxygen atoms in total. The van der Waals surface area contributed by atoms with Gasteiger partial charge in [-0.2, -0.15) is 0 Å². The summed E-state index contributed by atoms with van der Waals surface area (Å²) in [6.45, 7) is 0.340. The molecule has 17 heavy (non-hydrogen) atoms. The summed E-state index contributed by atoms with van der Waals surface area (Å²) < 4.78 is 15.1. The van der Waals surface area contributed by atoms with Crippen LogP contribution in [0.15, 0.2) is 39.5 Å². The third-order valence-electron chi connectivity index (χ3n) is 2.07. The van der Waals surface area contributed by atoms with E-state index in [0.717, 1.165) is 8.95 Å². The smallest absolute Gasteiger partial charge is 0.222 e. The first-order valence-electron chi connectivity index (χ1n) is 4.80. The summed E-state index contributed by atoms with van der Waals surface area (Å²) in [6.07, 6.45) is 3.26. The average Bonchev–Trinajstić information content (AvgIpc) is 2.32. The van der Waals surface area contributed by atoms with Crippen LogP contribution in [0.5, 0.6) is 0 Å². The monoisotopic (exact) mass is 359 g/mol. The second kappa shape index (κ2) is 5.55. The Morgan fingerprint density at radius 2 is 1.82 bits per heavy atom. The fraction of sp³-hybridized carbons (Fsp3) is 0.0909. The second-order valence-electron chi connectivity index (χ2n) is 3.31. The van der Waals surface area contributed by atoms with Gasteiger partial charge in [0.25, 0.3) is 0 Å². The molecule has 2 rings (SSSR count). The van der Waals surface area contributed by atoms with Crippen LogP contribution in [0.25, 0.3) is 0 Å². The number of aromatic nitrogens is 2. The van der Waals surface area contributed by atoms with Crippen LogP contribution in [0.2, 0.25) is 0 Å². The van der Waals surface area contributed by atoms with E-state index in [1.54, 1.807) is 24.5 Å². The van der Waals surface area contributed by atoms with Gasteiger partial charge in [0.2, 0.25) is 5.95 Å². The summed E-state index contributed by atoms with van der Waals surface area (Å²) in [6, 6.07) is 4.81. The summed E-state index contributed by atoms with van der Waals surface area (Å²) in [5, 5.41) is 2.95. The summed E-state index contributed by atoms with van der Waals surface area (Å²) in [7, 11) is 0. The van der Waals surface area contributed by atoms with E-state index in [-0.39, 0.29) is 5.82 Å². The van der Waals surface area contributed by atoms with Crippen molar-refractivity contribution >= 4 is 37.8 Å². The molecule has 0 spiro atoms. The van der Waals surface area contributed by atoms with Gasteiger partial charge in [-0.15, -0.1) is 0 Å². The topological polar surface area (TPSA) is 37.8 Å². The minimum atomic E-state index is -0.252. The van der Waals surface area contributed by atoms with E-state index < -0.39 is 0 Å². The Balaban J connectivity index is 2.07. The number of hydrogen-bond donors (Lipinski definition) is 1. The molecule has 0 amide bonds. The van der Waals surface area contributed by atoms with E-state index in [4.69, 9.17) is 0 Å². The molecule has 2 aromatic rings. The molecule has 0 aliphatic rings. The third kappa shape index (κ3) is 3.47. The minimum Gasteiger partial charge on any atom is -0.350 e. The summed E-state index contributed by atoms with van der Waals surface area (Å²) in [5.41, 5.74) is 0.561. The average molecular weight is 361 g/mol. The van der Waals surface area contributed by atoms with Gasteiger partial charge in [-0.1, -0.05) is 15.9 Å². The van der Waals surface area contributed by atoms with Gasteiger partial charge in [-0.25, -0.2) is 14.4 Å². The zero-order valence-corrected chi connectivity index (χ0v) is 11.8. The maximum absolute atomic E-state index is 13.4. The normalized spacial score (nSPS) is 10.3. The Morgan fingerprint density at radius 3 is 2.53 bits per heavy atom. The molecule has 0 radical (unpaired) electrons. The van der Waals surface area contributed by atoms with E-state index in [9.17, 15) is 4.39 Å². The standard InChI is InChI=1S/C11H8Br2FN3/c12-8-1-2-10(14)7(3-8)4-15-11-16-5-9(13)6-17-11/h1-3,5-6H,4H2,(H,15,16,17). The Kier molecular flexibility index (Phi) is 4.06. The van der Waals surface area contributed by atoms with E-state index >= 15 is 0 Å². The highest BCUT2D eigenvalue weighted by Crippen LogP contribution is 2.16. The van der Waals surface area contributed by atoms with Crippen LogP contribution in [-0.4, -0.2) is 9.97 Å². The zero-order chi connectivity index (χ0) is 12.3. The highest BCUT2D eigenvalue weighted by Gasteiger charge is 2.03. The number of nitrogens with zero attached hydrogens (tertiary/aromatic N) is 2. The van der Waals surface area contributed by atoms with Crippen molar-refractivity contribution in [3.05, 3.63) is 50.9 Å². The first-order valence-corrected chi connectivity index (χ1v) is 6.39. The lowest BCUT2D eigenvalue weighted by atomic mass is 10.2. The first-order chi connectivity index (χ1) is 8.15. The van der Waals surface area contributed by atoms with E-state index in [0.29, 0.717) is 18.1 Å². The predicted molar refractivity (Wildman–Crippen MR) is 71.2 cm³/mol. The molecule has 0 aliphatic carbocycles. The molecule has 0 aliphatic heterocycles. The van der Waals surface area contributed by atoms with Crippen molar-refractivity contribution in [1.29, 1.82) is 0 Å². The van der Waals surface area contributed by atoms with Crippen molar-refractivity contribution in [3.8, 4) is 0 Å². The Morgan fingerprint density at radius 1 is 1.12 bits per heavy atom. The lowest BCUT2D eigenvalue weighted by Gasteiger charge is -2.06. The second-order valence-corrected chi connectivity index (χ2v) is 5.15. The molecule has 1 N–H and O–H groups in total. The predicted octanol–water partition coefficient (Wildman–Crippen LogP) is 3.75. The van der Waals surface area contributed by atoms with Crippen LogP contribution in [0.1, 0.15) is 5.56 Å². The largest absolute Gasteiger partial charge is 0.350 e. The van der Waals surface area contributed by atoms with Gasteiger partial charge in [0.05, 0.1) is 4.47 Å². The van der Waals surface area contributed by atoms with Crippen molar-refractivity contribution in [2.45, 2.75) is 6.54 Å². The highest BCUT2D eigenvalue weighted by molar-refractivity contribution is 9.10. The van der Waals surface area contributed by atoms with Crippen LogP contribution in [-0.2, 0) is 6.54 Å². The molecule has 0 atom stereocenters. The van der Waals surface area contributed by atoms with Crippen LogP contribution in [0.3, 0.4) is 0 Å². The molecule has 0 saturated heterocycles. The molecule has 0 saturated carbocycles. The van der Waals surface area contributed by atoms with E-state index in [1.165, 1.54) is 6.07 Å². The summed E-state index contributed by atoms with van der Waals surface area (Å²) in [5.74, 6) is 0.213. The molecule has 1 aromatic heterocycles. The highest BCUT2D eigenvalue weighted by atomic mass is 79.9. The van der Waals surface area contributed by atoms with Crippen LogP contribution >= 0.6 is 31.9 Å². The van der Waals surface area contributed by atoms with Crippen molar-refractivity contribution in [1.82, 2.24) is 9.97 Å². The van der Waals surface area contributed by atoms with Crippen molar-refractivity contribution in [2.75, 3.05) is 5.32 Å². The zero-order valence-electron chi connectivity index (χ0n) is 8.62. The molecule has 1 heterocycles. The fourth-order valence-corrected chi connectivity index (χ4v) is 1.87.